The number of ether oxygens (including phenoxy) is 3. The van der Waals surface area contributed by atoms with Gasteiger partial charge in [-0.15, -0.1) is 11.6 Å². The Morgan fingerprint density at radius 1 is 1.27 bits per heavy atom. The average molecular weight is 183 g/mol. The van der Waals surface area contributed by atoms with Crippen LogP contribution >= 0.6 is 11.6 Å². The average Bonchev–Trinajstić information content (AvgIpc) is 2.30. The third-order valence-corrected chi connectivity index (χ3v) is 2.06. The van der Waals surface area contributed by atoms with Crippen LogP contribution in [0, 0.1) is 0 Å². The largest absolute Gasteiger partial charge is 0.386 e. The molecule has 1 aliphatic heterocycles. The monoisotopic (exact) mass is 182 g/mol. The molecular formula is C6H11ClO4. The minimum absolute atomic E-state index is 0.565. The van der Waals surface area contributed by atoms with Crippen molar-refractivity contribution in [1.82, 2.24) is 0 Å². The third-order valence-electron chi connectivity index (χ3n) is 1.60. The Balaban J connectivity index is 2.53. The lowest BCUT2D eigenvalue weighted by molar-refractivity contribution is -0.199. The molecule has 0 spiro atoms. The molecule has 1 N–H and O–H groups in total. The van der Waals surface area contributed by atoms with E-state index in [1.807, 2.05) is 0 Å². The van der Waals surface area contributed by atoms with E-state index in [1.54, 1.807) is 0 Å². The van der Waals surface area contributed by atoms with Gasteiger partial charge >= 0.3 is 0 Å². The van der Waals surface area contributed by atoms with Crippen LogP contribution < -0.4 is 0 Å². The summed E-state index contributed by atoms with van der Waals surface area (Å²) in [6.07, 6.45) is -2.09. The van der Waals surface area contributed by atoms with Crippen molar-refractivity contribution in [3.63, 3.8) is 0 Å². The van der Waals surface area contributed by atoms with E-state index < -0.39 is 24.1 Å². The van der Waals surface area contributed by atoms with Crippen molar-refractivity contribution >= 4 is 11.6 Å². The third kappa shape index (κ3) is 1.65. The first-order chi connectivity index (χ1) is 5.20. The number of rotatable bonds is 2. The molecule has 0 aromatic carbocycles. The quantitative estimate of drug-likeness (QED) is 0.608. The van der Waals surface area contributed by atoms with Gasteiger partial charge in [0.05, 0.1) is 0 Å². The van der Waals surface area contributed by atoms with Crippen molar-refractivity contribution in [3.8, 4) is 0 Å². The van der Waals surface area contributed by atoms with Gasteiger partial charge in [0.15, 0.2) is 12.6 Å². The van der Waals surface area contributed by atoms with Crippen LogP contribution in [0.4, 0.5) is 0 Å². The first-order valence-corrected chi connectivity index (χ1v) is 3.67. The van der Waals surface area contributed by atoms with Gasteiger partial charge in [0, 0.05) is 14.2 Å². The van der Waals surface area contributed by atoms with Crippen LogP contribution in [0.1, 0.15) is 0 Å². The fourth-order valence-electron chi connectivity index (χ4n) is 0.979. The van der Waals surface area contributed by atoms with E-state index in [0.717, 1.165) is 0 Å². The van der Waals surface area contributed by atoms with E-state index in [-0.39, 0.29) is 0 Å². The number of aliphatic hydroxyl groups excluding tert-OH is 1. The minimum Gasteiger partial charge on any atom is -0.386 e. The highest BCUT2D eigenvalue weighted by molar-refractivity contribution is 6.21. The zero-order valence-corrected chi connectivity index (χ0v) is 7.12. The summed E-state index contributed by atoms with van der Waals surface area (Å²) in [5.41, 5.74) is 0. The van der Waals surface area contributed by atoms with Crippen LogP contribution in [-0.2, 0) is 14.2 Å². The molecule has 1 aliphatic rings. The lowest BCUT2D eigenvalue weighted by atomic mass is 10.3. The molecule has 0 aliphatic carbocycles. The van der Waals surface area contributed by atoms with E-state index in [2.05, 4.69) is 0 Å². The highest BCUT2D eigenvalue weighted by Gasteiger charge is 2.43. The maximum absolute atomic E-state index is 9.30. The SMILES string of the molecule is CO[C@@H]1O[C@H](OC)[C@H](Cl)[C@@H]1O. The van der Waals surface area contributed by atoms with Gasteiger partial charge in [-0.05, 0) is 0 Å². The van der Waals surface area contributed by atoms with Crippen molar-refractivity contribution in [2.24, 2.45) is 0 Å². The maximum Gasteiger partial charge on any atom is 0.187 e. The van der Waals surface area contributed by atoms with Gasteiger partial charge in [0.1, 0.15) is 11.5 Å². The fourth-order valence-corrected chi connectivity index (χ4v) is 1.26. The molecule has 11 heavy (non-hydrogen) atoms. The molecule has 1 fully saturated rings. The predicted octanol–water partition coefficient (Wildman–Crippen LogP) is -0.0701. The smallest absolute Gasteiger partial charge is 0.187 e. The Morgan fingerprint density at radius 2 is 1.82 bits per heavy atom. The lowest BCUT2D eigenvalue weighted by Gasteiger charge is -2.10. The first-order valence-electron chi connectivity index (χ1n) is 3.24. The van der Waals surface area contributed by atoms with Crippen LogP contribution in [-0.4, -0.2) is 43.4 Å². The highest BCUT2D eigenvalue weighted by Crippen LogP contribution is 2.26. The predicted molar refractivity (Wildman–Crippen MR) is 38.3 cm³/mol. The van der Waals surface area contributed by atoms with Crippen molar-refractivity contribution in [2.75, 3.05) is 14.2 Å². The van der Waals surface area contributed by atoms with Crippen LogP contribution in [0.2, 0.25) is 0 Å². The molecule has 0 bridgehead atoms. The molecule has 0 amide bonds. The van der Waals surface area contributed by atoms with Gasteiger partial charge in [-0.1, -0.05) is 0 Å². The second-order valence-corrected chi connectivity index (χ2v) is 2.78. The summed E-state index contributed by atoms with van der Waals surface area (Å²) in [6.45, 7) is 0. The molecule has 0 aromatic rings. The van der Waals surface area contributed by atoms with Crippen molar-refractivity contribution in [2.45, 2.75) is 24.1 Å². The summed E-state index contributed by atoms with van der Waals surface area (Å²) in [4.78, 5) is 0. The van der Waals surface area contributed by atoms with Gasteiger partial charge < -0.3 is 19.3 Å². The first kappa shape index (κ1) is 9.22. The Bertz CT molecular complexity index is 114. The number of alkyl halides is 1. The maximum atomic E-state index is 9.30. The Labute approximate surface area is 70.0 Å². The summed E-state index contributed by atoms with van der Waals surface area (Å²) >= 11 is 5.72. The summed E-state index contributed by atoms with van der Waals surface area (Å²) < 4.78 is 14.7. The molecule has 4 nitrogen and oxygen atoms in total. The van der Waals surface area contributed by atoms with Gasteiger partial charge in [0.25, 0.3) is 0 Å². The summed E-state index contributed by atoms with van der Waals surface area (Å²) in [5, 5.41) is 8.73. The van der Waals surface area contributed by atoms with E-state index >= 15 is 0 Å². The molecule has 66 valence electrons. The van der Waals surface area contributed by atoms with Crippen LogP contribution in [0.25, 0.3) is 0 Å². The van der Waals surface area contributed by atoms with E-state index in [9.17, 15) is 5.11 Å². The van der Waals surface area contributed by atoms with E-state index in [0.29, 0.717) is 0 Å². The number of hydrogen-bond donors (Lipinski definition) is 1. The van der Waals surface area contributed by atoms with Gasteiger partial charge in [0.2, 0.25) is 0 Å². The number of halogens is 1. The molecule has 0 radical (unpaired) electrons. The Kier molecular flexibility index (Phi) is 3.09. The molecule has 0 unspecified atom stereocenters. The zero-order chi connectivity index (χ0) is 8.43. The van der Waals surface area contributed by atoms with Crippen molar-refractivity contribution < 1.29 is 19.3 Å². The standard InChI is InChI=1S/C6H11ClO4/c1-9-5-3(7)4(8)6(10-2)11-5/h3-6,8H,1-2H3/t3-,4+,5+,6-/m1/s1. The van der Waals surface area contributed by atoms with E-state index in [1.165, 1.54) is 14.2 Å². The molecule has 0 aromatic heterocycles. The lowest BCUT2D eigenvalue weighted by Crippen LogP contribution is -2.29. The second-order valence-electron chi connectivity index (χ2n) is 2.28. The molecular weight excluding hydrogens is 172 g/mol. The minimum atomic E-state index is -0.827. The Hall–Kier alpha value is 0.130. The molecule has 1 saturated heterocycles. The van der Waals surface area contributed by atoms with Gasteiger partial charge in [-0.3, -0.25) is 0 Å². The van der Waals surface area contributed by atoms with Crippen molar-refractivity contribution in [1.29, 1.82) is 0 Å². The number of methoxy groups -OCH3 is 2. The highest BCUT2D eigenvalue weighted by atomic mass is 35.5. The van der Waals surface area contributed by atoms with Gasteiger partial charge in [-0.2, -0.15) is 0 Å². The number of aliphatic hydroxyl groups is 1. The number of hydrogen-bond acceptors (Lipinski definition) is 4. The topological polar surface area (TPSA) is 47.9 Å². The van der Waals surface area contributed by atoms with Crippen molar-refractivity contribution in [3.05, 3.63) is 0 Å². The van der Waals surface area contributed by atoms with Crippen LogP contribution in [0.3, 0.4) is 0 Å². The Morgan fingerprint density at radius 3 is 2.09 bits per heavy atom. The summed E-state index contributed by atoms with van der Waals surface area (Å²) in [5.74, 6) is 0. The molecule has 1 heterocycles. The van der Waals surface area contributed by atoms with E-state index in [4.69, 9.17) is 25.8 Å². The summed E-state index contributed by atoms with van der Waals surface area (Å²) in [6, 6.07) is 0. The molecule has 5 heteroatoms. The fraction of sp³-hybridized carbons (Fsp3) is 1.00. The molecule has 4 atom stereocenters. The molecule has 0 saturated carbocycles. The molecule has 1 rings (SSSR count). The van der Waals surface area contributed by atoms with Gasteiger partial charge in [-0.25, -0.2) is 0 Å². The normalized spacial score (nSPS) is 44.7. The van der Waals surface area contributed by atoms with Crippen LogP contribution in [0.15, 0.2) is 0 Å². The second kappa shape index (κ2) is 3.69. The zero-order valence-electron chi connectivity index (χ0n) is 6.36. The summed E-state index contributed by atoms with van der Waals surface area (Å²) in [7, 11) is 2.90. The van der Waals surface area contributed by atoms with Crippen LogP contribution in [0.5, 0.6) is 0 Å².